The van der Waals surface area contributed by atoms with Gasteiger partial charge in [0.1, 0.15) is 23.7 Å². The topological polar surface area (TPSA) is 231 Å². The van der Waals surface area contributed by atoms with E-state index < -0.39 is 59.2 Å². The number of likely N-dealkylation sites (tertiary alicyclic amines) is 1. The zero-order valence-corrected chi connectivity index (χ0v) is 36.1. The highest BCUT2D eigenvalue weighted by molar-refractivity contribution is 6.38. The number of nitrogens with one attached hydrogen (secondary N) is 4. The Bertz CT molecular complexity index is 2290. The van der Waals surface area contributed by atoms with Crippen molar-refractivity contribution in [3.05, 3.63) is 89.7 Å². The number of carbonyl (C=O) groups excluding carboxylic acids is 6. The number of hydrogen-bond acceptors (Lipinski definition) is 9. The molecule has 4 aromatic rings. The number of urea groups is 1. The molecular weight excluding hydrogens is 803 g/mol. The molecule has 3 aliphatic rings. The number of nitrogens with zero attached hydrogens (tertiary/aromatic N) is 4. The molecule has 63 heavy (non-hydrogen) atoms. The average molecular weight is 862 g/mol. The van der Waals surface area contributed by atoms with E-state index in [4.69, 9.17) is 5.73 Å². The highest BCUT2D eigenvalue weighted by atomic mass is 16.3. The standard InChI is InChI=1S/C47H59N9O7/c1-47(2,63)40-27-49-54-56(40)36-26-39(44(60)52-37(41(57)42(48)58)23-30-17-21-35(22-18-30)51-46(62)50-34-15-7-4-8-16-34)55(28-36)45(61)38(24-29-11-5-3-6-12-29)53-43(59)33-20-19-31-13-9-10-14-32(31)25-33/h9-10,13-14,17-22,25,27,29,34,36-39,63H,3-8,11-12,15-16,23-24,26,28H2,1-2H3,(H2,48,58)(H,52,60)(H,53,59)(H2,50,51,62)/t36-,37?,38+,39-/m0/s1. The molecule has 2 heterocycles. The van der Waals surface area contributed by atoms with E-state index in [1.54, 1.807) is 50.2 Å². The fraction of sp³-hybridized carbons (Fsp3) is 0.489. The van der Waals surface area contributed by atoms with Crippen LogP contribution in [0.4, 0.5) is 10.5 Å². The maximum Gasteiger partial charge on any atom is 0.319 e. The Labute approximate surface area is 367 Å². The molecule has 7 rings (SSSR count). The lowest BCUT2D eigenvalue weighted by Crippen LogP contribution is -2.56. The molecule has 4 atom stereocenters. The Morgan fingerprint density at radius 3 is 2.21 bits per heavy atom. The lowest BCUT2D eigenvalue weighted by atomic mass is 9.84. The van der Waals surface area contributed by atoms with Crippen molar-refractivity contribution in [2.24, 2.45) is 11.7 Å². The summed E-state index contributed by atoms with van der Waals surface area (Å²) < 4.78 is 1.51. The number of aliphatic hydroxyl groups is 1. The summed E-state index contributed by atoms with van der Waals surface area (Å²) in [6, 6.07) is 15.4. The molecule has 16 heteroatoms. The predicted molar refractivity (Wildman–Crippen MR) is 236 cm³/mol. The second-order valence-corrected chi connectivity index (χ2v) is 18.0. The Morgan fingerprint density at radius 2 is 1.52 bits per heavy atom. The van der Waals surface area contributed by atoms with Crippen LogP contribution >= 0.6 is 0 Å². The summed E-state index contributed by atoms with van der Waals surface area (Å²) in [5, 5.41) is 32.7. The molecule has 0 bridgehead atoms. The molecule has 0 radical (unpaired) electrons. The van der Waals surface area contributed by atoms with Gasteiger partial charge >= 0.3 is 6.03 Å². The summed E-state index contributed by atoms with van der Waals surface area (Å²) in [6.07, 6.45) is 11.8. The van der Waals surface area contributed by atoms with E-state index in [0.29, 0.717) is 28.9 Å². The smallest absolute Gasteiger partial charge is 0.319 e. The zero-order valence-electron chi connectivity index (χ0n) is 36.1. The highest BCUT2D eigenvalue weighted by Crippen LogP contribution is 2.34. The van der Waals surface area contributed by atoms with Gasteiger partial charge in [0.25, 0.3) is 11.8 Å². The number of aromatic nitrogens is 3. The molecule has 7 N–H and O–H groups in total. The molecule has 1 aromatic heterocycles. The molecule has 334 valence electrons. The van der Waals surface area contributed by atoms with Crippen molar-refractivity contribution in [2.75, 3.05) is 11.9 Å². The van der Waals surface area contributed by atoms with Crippen LogP contribution in [-0.2, 0) is 31.2 Å². The monoisotopic (exact) mass is 861 g/mol. The van der Waals surface area contributed by atoms with Crippen LogP contribution in [0.3, 0.4) is 0 Å². The number of primary amides is 1. The van der Waals surface area contributed by atoms with Crippen molar-refractivity contribution < 1.29 is 33.9 Å². The summed E-state index contributed by atoms with van der Waals surface area (Å²) in [5.41, 5.74) is 6.00. The predicted octanol–water partition coefficient (Wildman–Crippen LogP) is 4.81. The van der Waals surface area contributed by atoms with Gasteiger partial charge in [-0.2, -0.15) is 0 Å². The van der Waals surface area contributed by atoms with Gasteiger partial charge in [-0.3, -0.25) is 24.0 Å². The van der Waals surface area contributed by atoms with E-state index in [1.807, 2.05) is 30.3 Å². The normalized spacial score (nSPS) is 19.5. The highest BCUT2D eigenvalue weighted by Gasteiger charge is 2.45. The molecular formula is C47H59N9O7. The Kier molecular flexibility index (Phi) is 14.2. The van der Waals surface area contributed by atoms with Crippen LogP contribution in [0, 0.1) is 5.92 Å². The third-order valence-corrected chi connectivity index (χ3v) is 12.8. The van der Waals surface area contributed by atoms with Crippen LogP contribution in [0.2, 0.25) is 0 Å². The number of ketones is 1. The molecule has 0 spiro atoms. The van der Waals surface area contributed by atoms with Gasteiger partial charge in [0.2, 0.25) is 17.6 Å². The number of fused-ring (bicyclic) bond motifs is 1. The second kappa shape index (κ2) is 19.9. The summed E-state index contributed by atoms with van der Waals surface area (Å²) in [7, 11) is 0. The first kappa shape index (κ1) is 44.9. The van der Waals surface area contributed by atoms with E-state index in [2.05, 4.69) is 31.6 Å². The van der Waals surface area contributed by atoms with Crippen LogP contribution in [0.25, 0.3) is 10.8 Å². The first-order valence-corrected chi connectivity index (χ1v) is 22.3. The third kappa shape index (κ3) is 11.3. The zero-order chi connectivity index (χ0) is 44.7. The summed E-state index contributed by atoms with van der Waals surface area (Å²) in [4.78, 5) is 83.3. The van der Waals surface area contributed by atoms with E-state index in [1.165, 1.54) is 22.2 Å². The van der Waals surface area contributed by atoms with Crippen molar-refractivity contribution in [3.8, 4) is 0 Å². The van der Waals surface area contributed by atoms with E-state index >= 15 is 4.79 Å². The van der Waals surface area contributed by atoms with Crippen molar-refractivity contribution in [2.45, 2.75) is 133 Å². The minimum absolute atomic E-state index is 0.0202. The number of hydrogen-bond donors (Lipinski definition) is 6. The van der Waals surface area contributed by atoms with Gasteiger partial charge in [-0.1, -0.05) is 99.0 Å². The van der Waals surface area contributed by atoms with Crippen LogP contribution in [0.15, 0.2) is 72.9 Å². The summed E-state index contributed by atoms with van der Waals surface area (Å²) in [6.45, 7) is 3.15. The lowest BCUT2D eigenvalue weighted by Gasteiger charge is -2.32. The van der Waals surface area contributed by atoms with Gasteiger partial charge in [0, 0.05) is 36.7 Å². The fourth-order valence-electron chi connectivity index (χ4n) is 9.39. The van der Waals surface area contributed by atoms with E-state index in [9.17, 15) is 29.1 Å². The number of rotatable bonds is 15. The Morgan fingerprint density at radius 1 is 0.841 bits per heavy atom. The largest absolute Gasteiger partial charge is 0.384 e. The van der Waals surface area contributed by atoms with Crippen molar-refractivity contribution in [1.29, 1.82) is 0 Å². The first-order chi connectivity index (χ1) is 30.2. The Hall–Kier alpha value is -6.16. The van der Waals surface area contributed by atoms with Gasteiger partial charge in [0.05, 0.1) is 17.9 Å². The third-order valence-electron chi connectivity index (χ3n) is 12.8. The number of anilines is 1. The summed E-state index contributed by atoms with van der Waals surface area (Å²) >= 11 is 0. The average Bonchev–Trinajstić information content (AvgIpc) is 3.96. The molecule has 1 aliphatic heterocycles. The first-order valence-electron chi connectivity index (χ1n) is 22.3. The molecule has 2 aliphatic carbocycles. The molecule has 1 saturated heterocycles. The number of Topliss-reactive ketones (excluding diaryl/α,β-unsaturated/α-hetero) is 1. The SMILES string of the molecule is CC(C)(O)c1cnnn1[C@H]1C[C@@H](C(=O)NC(Cc2ccc(NC(=O)NC3CCCCC3)cc2)C(=O)C(N)=O)N(C(=O)[C@@H](CC2CCCCC2)NC(=O)c2ccc3ccccc3c2)C1. The van der Waals surface area contributed by atoms with Crippen LogP contribution in [0.1, 0.15) is 119 Å². The minimum Gasteiger partial charge on any atom is -0.384 e. The van der Waals surface area contributed by atoms with Gasteiger partial charge in [0.15, 0.2) is 0 Å². The molecule has 1 unspecified atom stereocenters. The van der Waals surface area contributed by atoms with E-state index in [-0.39, 0.29) is 37.4 Å². The summed E-state index contributed by atoms with van der Waals surface area (Å²) in [5.74, 6) is -3.70. The maximum absolute atomic E-state index is 15.0. The molecule has 16 nitrogen and oxygen atoms in total. The quantitative estimate of drug-likeness (QED) is 0.0900. The molecule has 3 aromatic carbocycles. The van der Waals surface area contributed by atoms with Crippen LogP contribution < -0.4 is 27.0 Å². The van der Waals surface area contributed by atoms with Gasteiger partial charge < -0.3 is 37.0 Å². The van der Waals surface area contributed by atoms with Crippen molar-refractivity contribution in [1.82, 2.24) is 35.8 Å². The van der Waals surface area contributed by atoms with Gasteiger partial charge in [-0.05, 0) is 79.6 Å². The van der Waals surface area contributed by atoms with Gasteiger partial charge in [-0.15, -0.1) is 5.10 Å². The van der Waals surface area contributed by atoms with Crippen molar-refractivity contribution in [3.63, 3.8) is 0 Å². The van der Waals surface area contributed by atoms with E-state index in [0.717, 1.165) is 68.6 Å². The van der Waals surface area contributed by atoms with Crippen molar-refractivity contribution >= 4 is 51.9 Å². The fourth-order valence-corrected chi connectivity index (χ4v) is 9.39. The van der Waals surface area contributed by atoms with Crippen LogP contribution in [-0.4, -0.2) is 91.2 Å². The van der Waals surface area contributed by atoms with Crippen LogP contribution in [0.5, 0.6) is 0 Å². The maximum atomic E-state index is 15.0. The second-order valence-electron chi connectivity index (χ2n) is 18.0. The molecule has 2 saturated carbocycles. The Balaban J connectivity index is 1.13. The number of benzene rings is 3. The number of amides is 6. The lowest BCUT2D eigenvalue weighted by molar-refractivity contribution is -0.142. The van der Waals surface area contributed by atoms with Gasteiger partial charge in [-0.25, -0.2) is 9.48 Å². The number of nitrogens with two attached hydrogens (primary N) is 1. The minimum atomic E-state index is -1.39. The number of carbonyl (C=O) groups is 6. The molecule has 3 fully saturated rings. The molecule has 6 amide bonds.